The first-order valence-corrected chi connectivity index (χ1v) is 11.4. The molecule has 5 nitrogen and oxygen atoms in total. The number of nitrogens with one attached hydrogen (secondary N) is 1. The van der Waals surface area contributed by atoms with Gasteiger partial charge in [0, 0.05) is 24.8 Å². The van der Waals surface area contributed by atoms with Gasteiger partial charge in [0.15, 0.2) is 5.96 Å². The zero-order valence-corrected chi connectivity index (χ0v) is 17.8. The van der Waals surface area contributed by atoms with Crippen molar-refractivity contribution in [1.29, 1.82) is 0 Å². The van der Waals surface area contributed by atoms with Gasteiger partial charge in [-0.25, -0.2) is 4.99 Å². The Morgan fingerprint density at radius 1 is 0.933 bits per heavy atom. The van der Waals surface area contributed by atoms with Crippen LogP contribution in [0.15, 0.2) is 59.6 Å². The van der Waals surface area contributed by atoms with Crippen molar-refractivity contribution in [3.63, 3.8) is 0 Å². The van der Waals surface area contributed by atoms with Gasteiger partial charge in [-0.15, -0.1) is 0 Å². The second-order valence-corrected chi connectivity index (χ2v) is 8.44. The molecular weight excluding hydrogens is 372 g/mol. The van der Waals surface area contributed by atoms with E-state index in [9.17, 15) is 0 Å². The van der Waals surface area contributed by atoms with E-state index in [0.29, 0.717) is 6.61 Å². The number of piperidine rings is 1. The van der Waals surface area contributed by atoms with Crippen LogP contribution in [-0.2, 0) is 6.61 Å². The molecule has 2 aliphatic rings. The molecule has 0 aromatic heterocycles. The largest absolute Gasteiger partial charge is 0.489 e. The van der Waals surface area contributed by atoms with Crippen molar-refractivity contribution in [3.8, 4) is 5.75 Å². The summed E-state index contributed by atoms with van der Waals surface area (Å²) in [6.45, 7) is 2.70. The second kappa shape index (κ2) is 10.5. The topological polar surface area (TPSA) is 62.9 Å². The molecule has 2 aromatic rings. The predicted molar refractivity (Wildman–Crippen MR) is 124 cm³/mol. The summed E-state index contributed by atoms with van der Waals surface area (Å²) < 4.78 is 5.92. The molecule has 1 aliphatic carbocycles. The van der Waals surface area contributed by atoms with Gasteiger partial charge in [-0.2, -0.15) is 0 Å². The fourth-order valence-electron chi connectivity index (χ4n) is 4.26. The van der Waals surface area contributed by atoms with Gasteiger partial charge in [-0.05, 0) is 61.9 Å². The lowest BCUT2D eigenvalue weighted by atomic mass is 9.91. The third kappa shape index (κ3) is 5.76. The molecular formula is C25H34N4O. The summed E-state index contributed by atoms with van der Waals surface area (Å²) in [5.74, 6) is 1.85. The Bertz CT molecular complexity index is 800. The van der Waals surface area contributed by atoms with Gasteiger partial charge >= 0.3 is 0 Å². The van der Waals surface area contributed by atoms with E-state index in [-0.39, 0.29) is 12.1 Å². The van der Waals surface area contributed by atoms with E-state index in [0.717, 1.165) is 43.3 Å². The number of nitrogens with two attached hydrogens (primary N) is 1. The van der Waals surface area contributed by atoms with Crippen LogP contribution in [-0.4, -0.2) is 36.0 Å². The lowest BCUT2D eigenvalue weighted by molar-refractivity contribution is 0.306. The van der Waals surface area contributed by atoms with Gasteiger partial charge in [0.25, 0.3) is 0 Å². The Kier molecular flexibility index (Phi) is 7.25. The number of nitrogens with zero attached hydrogens (tertiary/aromatic N) is 2. The molecule has 2 atom stereocenters. The summed E-state index contributed by atoms with van der Waals surface area (Å²) in [7, 11) is 0. The normalized spacial score (nSPS) is 22.6. The molecule has 1 saturated carbocycles. The van der Waals surface area contributed by atoms with E-state index in [1.165, 1.54) is 37.7 Å². The van der Waals surface area contributed by atoms with Gasteiger partial charge < -0.3 is 20.7 Å². The van der Waals surface area contributed by atoms with Gasteiger partial charge in [-0.1, -0.05) is 43.2 Å². The van der Waals surface area contributed by atoms with E-state index in [1.807, 2.05) is 30.3 Å². The fourth-order valence-corrected chi connectivity index (χ4v) is 4.26. The molecule has 1 heterocycles. The number of benzene rings is 2. The second-order valence-electron chi connectivity index (χ2n) is 8.44. The maximum atomic E-state index is 6.38. The van der Waals surface area contributed by atoms with Gasteiger partial charge in [-0.3, -0.25) is 0 Å². The number of aliphatic imine (C=N–C) groups is 1. The Balaban J connectivity index is 1.42. The highest BCUT2D eigenvalue weighted by atomic mass is 16.5. The Hall–Kier alpha value is -2.53. The van der Waals surface area contributed by atoms with E-state index in [2.05, 4.69) is 34.5 Å². The Labute approximate surface area is 180 Å². The number of rotatable bonds is 5. The highest BCUT2D eigenvalue weighted by Crippen LogP contribution is 2.22. The lowest BCUT2D eigenvalue weighted by Crippen LogP contribution is -2.43. The van der Waals surface area contributed by atoms with E-state index >= 15 is 0 Å². The number of likely N-dealkylation sites (tertiary alicyclic amines) is 1. The zero-order chi connectivity index (χ0) is 20.6. The first-order valence-electron chi connectivity index (χ1n) is 11.4. The van der Waals surface area contributed by atoms with Crippen molar-refractivity contribution in [2.75, 3.05) is 18.4 Å². The third-order valence-electron chi connectivity index (χ3n) is 6.08. The van der Waals surface area contributed by atoms with Crippen molar-refractivity contribution in [2.45, 2.75) is 63.6 Å². The minimum Gasteiger partial charge on any atom is -0.489 e. The quantitative estimate of drug-likeness (QED) is 0.554. The lowest BCUT2D eigenvalue weighted by Gasteiger charge is -2.33. The van der Waals surface area contributed by atoms with Gasteiger partial charge in [0.1, 0.15) is 12.4 Å². The molecule has 0 bridgehead atoms. The van der Waals surface area contributed by atoms with Crippen molar-refractivity contribution >= 4 is 11.6 Å². The first-order chi connectivity index (χ1) is 14.8. The van der Waals surface area contributed by atoms with Crippen LogP contribution in [0, 0.1) is 0 Å². The van der Waals surface area contributed by atoms with Gasteiger partial charge in [0.2, 0.25) is 0 Å². The molecule has 2 fully saturated rings. The molecule has 30 heavy (non-hydrogen) atoms. The molecule has 1 aliphatic heterocycles. The number of guanidine groups is 1. The number of hydrogen-bond acceptors (Lipinski definition) is 3. The smallest absolute Gasteiger partial charge is 0.198 e. The van der Waals surface area contributed by atoms with E-state index < -0.39 is 0 Å². The molecule has 2 aromatic carbocycles. The van der Waals surface area contributed by atoms with Crippen LogP contribution in [0.5, 0.6) is 5.75 Å². The maximum Gasteiger partial charge on any atom is 0.198 e. The van der Waals surface area contributed by atoms with Crippen molar-refractivity contribution in [1.82, 2.24) is 4.90 Å². The fraction of sp³-hybridized carbons (Fsp3) is 0.480. The summed E-state index contributed by atoms with van der Waals surface area (Å²) in [5, 5.41) is 3.58. The van der Waals surface area contributed by atoms with Gasteiger partial charge in [0.05, 0.1) is 6.04 Å². The highest BCUT2D eigenvalue weighted by molar-refractivity contribution is 5.94. The molecule has 0 radical (unpaired) electrons. The summed E-state index contributed by atoms with van der Waals surface area (Å²) in [6.07, 6.45) is 8.38. The molecule has 160 valence electrons. The van der Waals surface area contributed by atoms with Crippen LogP contribution in [0.2, 0.25) is 0 Å². The summed E-state index contributed by atoms with van der Waals surface area (Å²) in [5.41, 5.74) is 8.59. The van der Waals surface area contributed by atoms with Crippen LogP contribution in [0.25, 0.3) is 0 Å². The number of anilines is 1. The SMILES string of the molecule is N[C@H]1CCCC[C@@H]1N=C(Nc1ccc(OCc2ccccc2)cc1)N1CCCCC1. The molecule has 1 saturated heterocycles. The molecule has 4 rings (SSSR count). The predicted octanol–water partition coefficient (Wildman–Crippen LogP) is 4.79. The molecule has 0 amide bonds. The van der Waals surface area contributed by atoms with Crippen LogP contribution >= 0.6 is 0 Å². The maximum absolute atomic E-state index is 6.38. The van der Waals surface area contributed by atoms with Crippen LogP contribution in [0.4, 0.5) is 5.69 Å². The summed E-state index contributed by atoms with van der Waals surface area (Å²) in [6, 6.07) is 18.8. The number of hydrogen-bond donors (Lipinski definition) is 2. The van der Waals surface area contributed by atoms with Crippen LogP contribution in [0.3, 0.4) is 0 Å². The first kappa shape index (κ1) is 20.7. The monoisotopic (exact) mass is 406 g/mol. The standard InChI is InChI=1S/C25H34N4O/c26-23-11-5-6-12-24(23)28-25(29-17-7-2-8-18-29)27-21-13-15-22(16-14-21)30-19-20-9-3-1-4-10-20/h1,3-4,9-10,13-16,23-24H,2,5-8,11-12,17-19,26H2,(H,27,28)/t23-,24-/m0/s1. The summed E-state index contributed by atoms with van der Waals surface area (Å²) in [4.78, 5) is 7.50. The molecule has 3 N–H and O–H groups in total. The molecule has 0 unspecified atom stereocenters. The highest BCUT2D eigenvalue weighted by Gasteiger charge is 2.24. The average molecular weight is 407 g/mol. The summed E-state index contributed by atoms with van der Waals surface area (Å²) >= 11 is 0. The van der Waals surface area contributed by atoms with Crippen molar-refractivity contribution in [2.24, 2.45) is 10.7 Å². The average Bonchev–Trinajstić information content (AvgIpc) is 2.81. The van der Waals surface area contributed by atoms with E-state index in [1.54, 1.807) is 0 Å². The Morgan fingerprint density at radius 2 is 1.67 bits per heavy atom. The van der Waals surface area contributed by atoms with Crippen molar-refractivity contribution in [3.05, 3.63) is 60.2 Å². The van der Waals surface area contributed by atoms with Crippen LogP contribution in [0.1, 0.15) is 50.5 Å². The molecule has 5 heteroatoms. The van der Waals surface area contributed by atoms with Crippen molar-refractivity contribution < 1.29 is 4.74 Å². The molecule has 0 spiro atoms. The van der Waals surface area contributed by atoms with Crippen LogP contribution < -0.4 is 15.8 Å². The third-order valence-corrected chi connectivity index (χ3v) is 6.08. The Morgan fingerprint density at radius 3 is 2.40 bits per heavy atom. The minimum absolute atomic E-state index is 0.175. The zero-order valence-electron chi connectivity index (χ0n) is 17.8. The van der Waals surface area contributed by atoms with E-state index in [4.69, 9.17) is 15.5 Å². The number of ether oxygens (including phenoxy) is 1. The minimum atomic E-state index is 0.175.